The van der Waals surface area contributed by atoms with Gasteiger partial charge in [-0.15, -0.1) is 0 Å². The maximum absolute atomic E-state index is 14.6. The third kappa shape index (κ3) is 8.45. The van der Waals surface area contributed by atoms with Crippen LogP contribution in [0.2, 0.25) is 0 Å². The Balaban J connectivity index is 0.674. The van der Waals surface area contributed by atoms with Gasteiger partial charge >= 0.3 is 5.97 Å². The quantitative estimate of drug-likeness (QED) is 0.236. The van der Waals surface area contributed by atoms with Crippen molar-refractivity contribution in [1.29, 1.82) is 0 Å². The van der Waals surface area contributed by atoms with Crippen LogP contribution in [0, 0.1) is 23.7 Å². The van der Waals surface area contributed by atoms with E-state index in [1.165, 1.54) is 0 Å². The van der Waals surface area contributed by atoms with Gasteiger partial charge in [0.15, 0.2) is 17.7 Å². The second kappa shape index (κ2) is 19.1. The van der Waals surface area contributed by atoms with E-state index >= 15 is 0 Å². The number of rotatable bonds is 1. The minimum absolute atomic E-state index is 0.0226. The smallest absolute Gasteiger partial charge is 0.308 e. The number of fused-ring (bicyclic) bond motifs is 10. The first-order valence-electron chi connectivity index (χ1n) is 30.4. The summed E-state index contributed by atoms with van der Waals surface area (Å²) in [6.45, 7) is 19.8. The Morgan fingerprint density at radius 2 is 1.24 bits per heavy atom. The van der Waals surface area contributed by atoms with Crippen LogP contribution in [-0.2, 0) is 75.8 Å². The molecular weight excluding hydrogens is 1010 g/mol. The van der Waals surface area contributed by atoms with Crippen molar-refractivity contribution < 1.29 is 91.2 Å². The van der Waals surface area contributed by atoms with Crippen LogP contribution in [0.5, 0.6) is 0 Å². The van der Waals surface area contributed by atoms with Gasteiger partial charge in [-0.2, -0.15) is 0 Å². The first-order valence-corrected chi connectivity index (χ1v) is 30.4. The number of hydrogen-bond acceptors (Lipinski definition) is 19. The summed E-state index contributed by atoms with van der Waals surface area (Å²) in [7, 11) is 0. The van der Waals surface area contributed by atoms with Crippen LogP contribution in [0.4, 0.5) is 0 Å². The molecule has 0 aromatic rings. The molecule has 16 aliphatic heterocycles. The summed E-state index contributed by atoms with van der Waals surface area (Å²) in [5.74, 6) is -5.50. The molecule has 0 aromatic heterocycles. The molecule has 19 heteroatoms. The van der Waals surface area contributed by atoms with E-state index < -0.39 is 102 Å². The predicted molar refractivity (Wildman–Crippen MR) is 269 cm³/mol. The molecule has 3 spiro atoms. The SMILES string of the molecule is C=C1C[C@@H]2CC[C@@]34O[C@H]5[C@H]6OC(CC[C@@H]6OC6[C@H]5O[C@](O)([C@H]6O3)[C@H]4O)CC(=O)O[C@@H]3[C@@H](C)[C@@H]4O[C@@H]5C[C@@]6(C[C@@H]7O[C@]8(C[C@H](C)[C@@H]9O[C@H](CC)[C@H](O)C[C@@H]9O8)C[C@H](C)[C@@H]7O6)OC5C[C@@H]4O[C@H]3CC3O[C@@H](CCC1O2)C[C@@H](C)C3=C. The van der Waals surface area contributed by atoms with Crippen LogP contribution >= 0.6 is 0 Å². The number of hydrogen-bond donors (Lipinski definition) is 3. The lowest BCUT2D eigenvalue weighted by Gasteiger charge is -2.54. The zero-order valence-corrected chi connectivity index (χ0v) is 46.0. The maximum atomic E-state index is 14.6. The number of aliphatic hydroxyl groups excluding tert-OH is 2. The first kappa shape index (κ1) is 53.0. The molecule has 434 valence electrons. The summed E-state index contributed by atoms with van der Waals surface area (Å²) in [6, 6.07) is 0. The number of esters is 1. The Kier molecular flexibility index (Phi) is 13.0. The molecule has 0 radical (unpaired) electrons. The summed E-state index contributed by atoms with van der Waals surface area (Å²) in [5.41, 5.74) is 2.02. The van der Waals surface area contributed by atoms with Crippen molar-refractivity contribution in [3.63, 3.8) is 0 Å². The molecule has 0 amide bonds. The van der Waals surface area contributed by atoms with Gasteiger partial charge in [-0.25, -0.2) is 0 Å². The summed E-state index contributed by atoms with van der Waals surface area (Å²) >= 11 is 0. The van der Waals surface area contributed by atoms with Crippen LogP contribution in [0.1, 0.15) is 144 Å². The summed E-state index contributed by atoms with van der Waals surface area (Å²) < 4.78 is 102. The van der Waals surface area contributed by atoms with E-state index in [0.29, 0.717) is 70.6 Å². The van der Waals surface area contributed by atoms with Crippen molar-refractivity contribution in [2.75, 3.05) is 0 Å². The van der Waals surface area contributed by atoms with Gasteiger partial charge in [-0.1, -0.05) is 47.8 Å². The van der Waals surface area contributed by atoms with E-state index in [1.54, 1.807) is 0 Å². The highest BCUT2D eigenvalue weighted by atomic mass is 16.8. The zero-order chi connectivity index (χ0) is 53.5. The van der Waals surface area contributed by atoms with Crippen LogP contribution in [0.25, 0.3) is 0 Å². The second-order valence-corrected chi connectivity index (χ2v) is 27.1. The Labute approximate surface area is 457 Å². The van der Waals surface area contributed by atoms with Crippen LogP contribution in [0.15, 0.2) is 24.3 Å². The molecule has 78 heavy (non-hydrogen) atoms. The summed E-state index contributed by atoms with van der Waals surface area (Å²) in [4.78, 5) is 14.6. The largest absolute Gasteiger partial charge is 0.459 e. The fourth-order valence-corrected chi connectivity index (χ4v) is 18.0. The van der Waals surface area contributed by atoms with Gasteiger partial charge in [0.1, 0.15) is 36.6 Å². The van der Waals surface area contributed by atoms with Gasteiger partial charge in [-0.3, -0.25) is 4.79 Å². The molecule has 16 heterocycles. The number of ether oxygens (including phenoxy) is 15. The van der Waals surface area contributed by atoms with Crippen LogP contribution < -0.4 is 0 Å². The normalized spacial score (nSPS) is 60.0. The van der Waals surface area contributed by atoms with Crippen molar-refractivity contribution in [3.8, 4) is 0 Å². The molecule has 16 rings (SSSR count). The second-order valence-electron chi connectivity index (χ2n) is 27.1. The van der Waals surface area contributed by atoms with Gasteiger partial charge in [0.25, 0.3) is 0 Å². The molecule has 12 bridgehead atoms. The molecule has 3 N–H and O–H groups in total. The van der Waals surface area contributed by atoms with E-state index in [9.17, 15) is 20.1 Å². The summed E-state index contributed by atoms with van der Waals surface area (Å²) in [5, 5.41) is 34.7. The molecule has 5 unspecified atom stereocenters. The highest BCUT2D eigenvalue weighted by molar-refractivity contribution is 5.70. The van der Waals surface area contributed by atoms with E-state index in [4.69, 9.17) is 71.1 Å². The maximum Gasteiger partial charge on any atom is 0.308 e. The molecule has 0 saturated carbocycles. The van der Waals surface area contributed by atoms with Crippen molar-refractivity contribution in [2.45, 2.75) is 313 Å². The number of carbonyl (C=O) groups excluding carboxylic acids is 1. The third-order valence-electron chi connectivity index (χ3n) is 21.9. The fraction of sp³-hybridized carbons (Fsp3) is 0.915. The van der Waals surface area contributed by atoms with Crippen molar-refractivity contribution in [1.82, 2.24) is 0 Å². The van der Waals surface area contributed by atoms with Gasteiger partial charge in [0.05, 0.1) is 110 Å². The van der Waals surface area contributed by atoms with Crippen molar-refractivity contribution in [2.24, 2.45) is 23.7 Å². The fourth-order valence-electron chi connectivity index (χ4n) is 18.0. The van der Waals surface area contributed by atoms with Crippen LogP contribution in [-0.4, -0.2) is 191 Å². The van der Waals surface area contributed by atoms with Gasteiger partial charge < -0.3 is 86.4 Å². The molecule has 16 saturated heterocycles. The Hall–Kier alpha value is -1.73. The lowest BCUT2D eigenvalue weighted by Crippen LogP contribution is -2.63. The first-order chi connectivity index (χ1) is 37.4. The number of carbonyl (C=O) groups is 1. The third-order valence-corrected chi connectivity index (χ3v) is 21.9. The molecule has 32 atom stereocenters. The average Bonchev–Trinajstić information content (AvgIpc) is 3.90. The van der Waals surface area contributed by atoms with E-state index in [-0.39, 0.29) is 110 Å². The average molecular weight is 1100 g/mol. The van der Waals surface area contributed by atoms with E-state index in [0.717, 1.165) is 36.8 Å². The molecule has 0 aromatic carbocycles. The highest BCUT2D eigenvalue weighted by Crippen LogP contribution is 2.59. The lowest BCUT2D eigenvalue weighted by atomic mass is 9.78. The Morgan fingerprint density at radius 1 is 0.538 bits per heavy atom. The monoisotopic (exact) mass is 1100 g/mol. The lowest BCUT2D eigenvalue weighted by molar-refractivity contribution is -0.371. The predicted octanol–water partition coefficient (Wildman–Crippen LogP) is 4.88. The highest BCUT2D eigenvalue weighted by Gasteiger charge is 2.79. The Morgan fingerprint density at radius 3 is 2.08 bits per heavy atom. The van der Waals surface area contributed by atoms with Gasteiger partial charge in [0, 0.05) is 57.3 Å². The minimum atomic E-state index is -2.02. The summed E-state index contributed by atoms with van der Waals surface area (Å²) in [6.07, 6.45) is -1.58. The van der Waals surface area contributed by atoms with Gasteiger partial charge in [0.2, 0.25) is 11.6 Å². The molecule has 16 aliphatic rings. The van der Waals surface area contributed by atoms with Crippen LogP contribution in [0.3, 0.4) is 0 Å². The minimum Gasteiger partial charge on any atom is -0.459 e. The van der Waals surface area contributed by atoms with E-state index in [2.05, 4.69) is 47.8 Å². The molecule has 16 fully saturated rings. The van der Waals surface area contributed by atoms with E-state index in [1.807, 2.05) is 0 Å². The van der Waals surface area contributed by atoms with Crippen molar-refractivity contribution in [3.05, 3.63) is 24.3 Å². The molecule has 0 aliphatic carbocycles. The Bertz CT molecular complexity index is 2360. The number of aliphatic hydroxyl groups is 3. The van der Waals surface area contributed by atoms with Gasteiger partial charge in [-0.05, 0) is 80.3 Å². The topological polar surface area (TPSA) is 216 Å². The molecular formula is C59H84O19. The molecule has 19 nitrogen and oxygen atoms in total. The zero-order valence-electron chi connectivity index (χ0n) is 46.0. The standard InChI is InChI=1S/C59H84O19/c1-8-35-34(60)18-42-46(68-35)27(4)21-56(73-42)22-28(5)47-44(74-56)24-57(75-47)23-43-39(72-57)20-41-48(70-43)30(7)49-40(67-41)19-38-29(6)25(2)15-31(65-38)9-11-36-26(3)16-33(64-36)13-14-58-55(62)59(63)54(78-58)53-52(77-59)51(76-58)50-37(69-53)12-10-32(66-50)17-45(61)71-49/h25,27-28,30-44,46-55,60,62-63H,3,6,8-24H2,1-2,4-5,7H3/t25-,27+,28+,30+,31+,32?,33+,34-,35-,36?,37+,38?,39?,40+,41+,42+,43-,44+,46+,47+,48+,49-,50+,51+,52+,53?,54+,55+,56-,57-,58-,59-/m1/s1. The van der Waals surface area contributed by atoms with Crippen molar-refractivity contribution >= 4 is 5.97 Å².